The van der Waals surface area contributed by atoms with E-state index in [4.69, 9.17) is 4.42 Å². The number of nitrogens with zero attached hydrogens (tertiary/aromatic N) is 1. The van der Waals surface area contributed by atoms with Crippen molar-refractivity contribution in [3.05, 3.63) is 125 Å². The minimum absolute atomic E-state index is 0.0961. The van der Waals surface area contributed by atoms with Gasteiger partial charge < -0.3 is 9.32 Å². The Hall–Kier alpha value is -3.95. The molecule has 1 aliphatic heterocycles. The maximum Gasteiger partial charge on any atom is 0.135 e. The van der Waals surface area contributed by atoms with Crippen molar-refractivity contribution < 1.29 is 4.42 Å². The fourth-order valence-electron chi connectivity index (χ4n) is 12.1. The summed E-state index contributed by atoms with van der Waals surface area (Å²) >= 11 is 2.02. The summed E-state index contributed by atoms with van der Waals surface area (Å²) in [7, 11) is 0. The molecule has 0 atom stereocenters. The number of hydrogen-bond donors (Lipinski definition) is 0. The Bertz CT molecular complexity index is 2370. The van der Waals surface area contributed by atoms with Crippen LogP contribution in [0, 0.1) is 23.7 Å². The zero-order chi connectivity index (χ0) is 34.3. The molecule has 3 heteroatoms. The smallest absolute Gasteiger partial charge is 0.135 e. The number of fused-ring (bicyclic) bond motifs is 6. The highest BCUT2D eigenvalue weighted by molar-refractivity contribution is 7.99. The number of benzene rings is 5. The molecular weight excluding hydrogens is 639 g/mol. The van der Waals surface area contributed by atoms with Gasteiger partial charge in [0.25, 0.3) is 0 Å². The average Bonchev–Trinajstić information content (AvgIpc) is 3.50. The topological polar surface area (TPSA) is 16.4 Å². The predicted octanol–water partition coefficient (Wildman–Crippen LogP) is 13.6. The lowest BCUT2D eigenvalue weighted by molar-refractivity contribution is -0.0443. The molecule has 4 bridgehead atoms. The van der Waals surface area contributed by atoms with Gasteiger partial charge in [0.2, 0.25) is 0 Å². The maximum absolute atomic E-state index is 6.36. The number of rotatable bonds is 3. The molecule has 4 fully saturated rings. The summed E-state index contributed by atoms with van der Waals surface area (Å²) in [5.41, 5.74) is 12.2. The first kappa shape index (κ1) is 30.7. The van der Waals surface area contributed by atoms with E-state index in [0.717, 1.165) is 34.8 Å². The molecule has 51 heavy (non-hydrogen) atoms. The van der Waals surface area contributed by atoms with Gasteiger partial charge in [-0.2, -0.15) is 0 Å². The monoisotopic (exact) mass is 685 g/mol. The Labute approximate surface area is 306 Å². The molecule has 6 aliphatic rings. The van der Waals surface area contributed by atoms with Crippen LogP contribution in [-0.2, 0) is 16.2 Å². The number of furan rings is 1. The van der Waals surface area contributed by atoms with Crippen molar-refractivity contribution in [3.63, 3.8) is 0 Å². The van der Waals surface area contributed by atoms with Crippen molar-refractivity contribution >= 4 is 50.8 Å². The molecule has 0 unspecified atom stereocenters. The van der Waals surface area contributed by atoms with Crippen LogP contribution in [-0.4, -0.2) is 0 Å². The molecule has 12 rings (SSSR count). The van der Waals surface area contributed by atoms with E-state index >= 15 is 0 Å². The van der Waals surface area contributed by atoms with E-state index in [1.807, 2.05) is 11.8 Å². The number of para-hydroxylation sites is 1. The molecule has 5 aliphatic carbocycles. The van der Waals surface area contributed by atoms with E-state index in [0.29, 0.717) is 0 Å². The lowest BCUT2D eigenvalue weighted by Crippen LogP contribution is -2.57. The van der Waals surface area contributed by atoms with Crippen LogP contribution in [0.3, 0.4) is 0 Å². The van der Waals surface area contributed by atoms with Gasteiger partial charge >= 0.3 is 0 Å². The third-order valence-electron chi connectivity index (χ3n) is 14.4. The highest BCUT2D eigenvalue weighted by Crippen LogP contribution is 2.69. The number of hydrogen-bond acceptors (Lipinski definition) is 3. The van der Waals surface area contributed by atoms with Gasteiger partial charge in [-0.3, -0.25) is 0 Å². The maximum atomic E-state index is 6.36. The second-order valence-corrected chi connectivity index (χ2v) is 19.1. The highest BCUT2D eigenvalue weighted by Gasteiger charge is 2.61. The summed E-state index contributed by atoms with van der Waals surface area (Å²) in [6.45, 7) is 9.77. The predicted molar refractivity (Wildman–Crippen MR) is 212 cm³/mol. The quantitative estimate of drug-likeness (QED) is 0.184. The first-order valence-electron chi connectivity index (χ1n) is 19.5. The molecular formula is C48H47NOS. The summed E-state index contributed by atoms with van der Waals surface area (Å²) in [5.74, 6) is 3.28. The summed E-state index contributed by atoms with van der Waals surface area (Å²) in [5, 5.41) is 2.35. The molecule has 2 nitrogen and oxygen atoms in total. The Morgan fingerprint density at radius 1 is 0.569 bits per heavy atom. The van der Waals surface area contributed by atoms with Gasteiger partial charge in [-0.05, 0) is 150 Å². The van der Waals surface area contributed by atoms with E-state index in [9.17, 15) is 0 Å². The first-order chi connectivity index (χ1) is 24.7. The number of anilines is 3. The van der Waals surface area contributed by atoms with Crippen molar-refractivity contribution in [1.82, 2.24) is 0 Å². The van der Waals surface area contributed by atoms with Crippen LogP contribution in [0.1, 0.15) is 94.9 Å². The second-order valence-electron chi connectivity index (χ2n) is 18.0. The van der Waals surface area contributed by atoms with Gasteiger partial charge in [0.1, 0.15) is 11.2 Å². The molecule has 6 aromatic rings. The van der Waals surface area contributed by atoms with Crippen LogP contribution in [0.25, 0.3) is 21.9 Å². The summed E-state index contributed by atoms with van der Waals surface area (Å²) in [4.78, 5) is 5.52. The van der Waals surface area contributed by atoms with Crippen molar-refractivity contribution in [2.24, 2.45) is 23.7 Å². The lowest BCUT2D eigenvalue weighted by atomic mass is 9.42. The van der Waals surface area contributed by atoms with Gasteiger partial charge in [-0.15, -0.1) is 0 Å². The molecule has 1 aromatic heterocycles. The van der Waals surface area contributed by atoms with Gasteiger partial charge in [-0.1, -0.05) is 94.1 Å². The molecule has 0 saturated heterocycles. The first-order valence-corrected chi connectivity index (χ1v) is 20.3. The van der Waals surface area contributed by atoms with Crippen LogP contribution in [0.4, 0.5) is 17.1 Å². The van der Waals surface area contributed by atoms with Crippen LogP contribution in [0.2, 0.25) is 0 Å². The Kier molecular flexibility index (Phi) is 6.35. The SMILES string of the molecule is CC1(C)CCC(C)(C)c2cc(N(c3ccc4oc5ccccc5c4c3)c3cccc4c3Sc3ccccc3C43C4CC5CC(C4)CC3C5)ccc21. The fourth-order valence-corrected chi connectivity index (χ4v) is 13.4. The van der Waals surface area contributed by atoms with Crippen molar-refractivity contribution in [2.75, 3.05) is 4.90 Å². The molecule has 0 radical (unpaired) electrons. The van der Waals surface area contributed by atoms with E-state index in [2.05, 4.69) is 136 Å². The fraction of sp³-hybridized carbons (Fsp3) is 0.375. The van der Waals surface area contributed by atoms with Crippen molar-refractivity contribution in [3.8, 4) is 0 Å². The molecule has 4 saturated carbocycles. The normalized spacial score (nSPS) is 27.8. The molecule has 5 aromatic carbocycles. The summed E-state index contributed by atoms with van der Waals surface area (Å²) in [6.07, 6.45) is 9.44. The summed E-state index contributed by atoms with van der Waals surface area (Å²) < 4.78 is 6.36. The van der Waals surface area contributed by atoms with Crippen molar-refractivity contribution in [1.29, 1.82) is 0 Å². The zero-order valence-corrected chi connectivity index (χ0v) is 31.2. The third kappa shape index (κ3) is 4.25. The standard InChI is InChI=1S/C48H47NOS/c1-46(2)20-21-47(3,4)40-28-34(16-18-37(40)46)49(33-17-19-43-36(27-33)35-10-5-7-14-42(35)50-43)41-13-9-12-39-45(41)51-44-15-8-6-11-38(44)48(39)31-23-29-22-30(25-31)26-32(48)24-29/h5-19,27-32H,20-26H2,1-4H3. The van der Waals surface area contributed by atoms with Gasteiger partial charge in [0.05, 0.1) is 5.69 Å². The van der Waals surface area contributed by atoms with E-state index in [-0.39, 0.29) is 16.2 Å². The Balaban J connectivity index is 1.17. The lowest BCUT2D eigenvalue weighted by Gasteiger charge is -2.63. The van der Waals surface area contributed by atoms with Crippen LogP contribution >= 0.6 is 11.8 Å². The largest absolute Gasteiger partial charge is 0.456 e. The van der Waals surface area contributed by atoms with Crippen LogP contribution in [0.15, 0.2) is 117 Å². The molecule has 0 N–H and O–H groups in total. The molecule has 1 spiro atoms. The van der Waals surface area contributed by atoms with Crippen LogP contribution < -0.4 is 4.90 Å². The Morgan fingerprint density at radius 2 is 1.22 bits per heavy atom. The zero-order valence-electron chi connectivity index (χ0n) is 30.3. The van der Waals surface area contributed by atoms with Crippen molar-refractivity contribution in [2.45, 2.75) is 98.7 Å². The van der Waals surface area contributed by atoms with Crippen LogP contribution in [0.5, 0.6) is 0 Å². The van der Waals surface area contributed by atoms with E-state index < -0.39 is 0 Å². The second kappa shape index (κ2) is 10.6. The van der Waals surface area contributed by atoms with E-state index in [1.54, 1.807) is 11.1 Å². The van der Waals surface area contributed by atoms with Gasteiger partial charge in [-0.25, -0.2) is 0 Å². The molecule has 256 valence electrons. The average molecular weight is 686 g/mol. The third-order valence-corrected chi connectivity index (χ3v) is 15.6. The highest BCUT2D eigenvalue weighted by atomic mass is 32.2. The van der Waals surface area contributed by atoms with Gasteiger partial charge in [0.15, 0.2) is 0 Å². The minimum Gasteiger partial charge on any atom is -0.456 e. The van der Waals surface area contributed by atoms with E-state index in [1.165, 1.54) is 93.7 Å². The van der Waals surface area contributed by atoms with Gasteiger partial charge in [0, 0.05) is 37.4 Å². The minimum atomic E-state index is 0.0961. The molecule has 0 amide bonds. The molecule has 2 heterocycles. The Morgan fingerprint density at radius 3 is 2.02 bits per heavy atom. The summed E-state index contributed by atoms with van der Waals surface area (Å²) in [6, 6.07) is 39.6.